The van der Waals surface area contributed by atoms with Gasteiger partial charge in [0.1, 0.15) is 5.82 Å². The molecule has 5 heteroatoms. The fourth-order valence-corrected chi connectivity index (χ4v) is 3.32. The van der Waals surface area contributed by atoms with E-state index in [4.69, 9.17) is 0 Å². The Morgan fingerprint density at radius 1 is 1.50 bits per heavy atom. The van der Waals surface area contributed by atoms with Gasteiger partial charge in [-0.25, -0.2) is 4.98 Å². The van der Waals surface area contributed by atoms with Gasteiger partial charge in [-0.3, -0.25) is 0 Å². The van der Waals surface area contributed by atoms with Crippen LogP contribution in [0.3, 0.4) is 0 Å². The molecule has 2 aromatic rings. The molecule has 74 valence electrons. The van der Waals surface area contributed by atoms with Crippen molar-refractivity contribution in [3.8, 4) is 0 Å². The predicted octanol–water partition coefficient (Wildman–Crippen LogP) is 3.91. The van der Waals surface area contributed by atoms with Gasteiger partial charge in [0.15, 0.2) is 0 Å². The monoisotopic (exact) mass is 334 g/mol. The van der Waals surface area contributed by atoms with Crippen LogP contribution >= 0.6 is 43.2 Å². The standard InChI is InChI=1S/C9H8Br2N2S/c10-6(5-9-12-3-4-13-9)7-1-2-8(11)14-7/h1-4,6H,5H2,(H,12,13). The maximum absolute atomic E-state index is 4.20. The Morgan fingerprint density at radius 2 is 2.36 bits per heavy atom. The summed E-state index contributed by atoms with van der Waals surface area (Å²) < 4.78 is 1.16. The highest BCUT2D eigenvalue weighted by atomic mass is 79.9. The minimum Gasteiger partial charge on any atom is -0.349 e. The molecule has 0 radical (unpaired) electrons. The van der Waals surface area contributed by atoms with Gasteiger partial charge >= 0.3 is 0 Å². The number of imidazole rings is 1. The van der Waals surface area contributed by atoms with Crippen LogP contribution in [-0.4, -0.2) is 9.97 Å². The van der Waals surface area contributed by atoms with E-state index in [1.165, 1.54) is 4.88 Å². The Bertz CT molecular complexity index is 397. The summed E-state index contributed by atoms with van der Waals surface area (Å²) in [5.41, 5.74) is 0. The van der Waals surface area contributed by atoms with Crippen molar-refractivity contribution in [2.75, 3.05) is 0 Å². The maximum atomic E-state index is 4.20. The van der Waals surface area contributed by atoms with E-state index in [1.807, 2.05) is 6.20 Å². The minimum atomic E-state index is 0.338. The first-order valence-corrected chi connectivity index (χ1v) is 6.66. The maximum Gasteiger partial charge on any atom is 0.107 e. The molecule has 2 aromatic heterocycles. The highest BCUT2D eigenvalue weighted by Gasteiger charge is 2.11. The van der Waals surface area contributed by atoms with Crippen molar-refractivity contribution in [1.82, 2.24) is 9.97 Å². The second-order valence-corrected chi connectivity index (χ2v) is 6.45. The SMILES string of the molecule is Brc1ccc(C(Br)Cc2ncc[nH]2)s1. The molecule has 0 bridgehead atoms. The molecule has 0 aromatic carbocycles. The van der Waals surface area contributed by atoms with Crippen LogP contribution in [0.15, 0.2) is 28.3 Å². The minimum absolute atomic E-state index is 0.338. The van der Waals surface area contributed by atoms with Crippen LogP contribution < -0.4 is 0 Å². The first kappa shape index (κ1) is 10.4. The second-order valence-electron chi connectivity index (χ2n) is 2.85. The first-order valence-electron chi connectivity index (χ1n) is 4.13. The molecule has 0 saturated carbocycles. The molecule has 2 heterocycles. The van der Waals surface area contributed by atoms with Crippen molar-refractivity contribution in [3.05, 3.63) is 39.0 Å². The average Bonchev–Trinajstić information content (AvgIpc) is 2.75. The van der Waals surface area contributed by atoms with Crippen molar-refractivity contribution in [2.45, 2.75) is 11.2 Å². The van der Waals surface area contributed by atoms with E-state index in [0.717, 1.165) is 16.0 Å². The number of thiophene rings is 1. The van der Waals surface area contributed by atoms with E-state index in [9.17, 15) is 0 Å². The van der Waals surface area contributed by atoms with Crippen molar-refractivity contribution in [1.29, 1.82) is 0 Å². The quantitative estimate of drug-likeness (QED) is 0.846. The number of halogens is 2. The van der Waals surface area contributed by atoms with Gasteiger partial charge in [0.25, 0.3) is 0 Å². The van der Waals surface area contributed by atoms with Crippen LogP contribution in [0.4, 0.5) is 0 Å². The number of hydrogen-bond donors (Lipinski definition) is 1. The number of hydrogen-bond acceptors (Lipinski definition) is 2. The summed E-state index contributed by atoms with van der Waals surface area (Å²) in [6.45, 7) is 0. The third-order valence-electron chi connectivity index (χ3n) is 1.83. The molecule has 0 aliphatic rings. The van der Waals surface area contributed by atoms with Gasteiger partial charge in [-0.2, -0.15) is 0 Å². The number of alkyl halides is 1. The van der Waals surface area contributed by atoms with Gasteiger partial charge in [-0.15, -0.1) is 11.3 Å². The Labute approximate surface area is 103 Å². The van der Waals surface area contributed by atoms with Crippen LogP contribution in [-0.2, 0) is 6.42 Å². The summed E-state index contributed by atoms with van der Waals surface area (Å²) in [5.74, 6) is 1.01. The van der Waals surface area contributed by atoms with E-state index >= 15 is 0 Å². The topological polar surface area (TPSA) is 28.7 Å². The summed E-state index contributed by atoms with van der Waals surface area (Å²) >= 11 is 8.85. The van der Waals surface area contributed by atoms with Gasteiger partial charge < -0.3 is 4.98 Å². The Morgan fingerprint density at radius 3 is 2.93 bits per heavy atom. The average molecular weight is 336 g/mol. The van der Waals surface area contributed by atoms with Crippen molar-refractivity contribution in [2.24, 2.45) is 0 Å². The number of rotatable bonds is 3. The van der Waals surface area contributed by atoms with Gasteiger partial charge in [0, 0.05) is 23.7 Å². The zero-order valence-electron chi connectivity index (χ0n) is 7.21. The van der Waals surface area contributed by atoms with Gasteiger partial charge in [0.05, 0.1) is 8.61 Å². The summed E-state index contributed by atoms with van der Waals surface area (Å²) in [4.78, 5) is 8.94. The summed E-state index contributed by atoms with van der Waals surface area (Å²) in [6, 6.07) is 4.19. The van der Waals surface area contributed by atoms with E-state index in [1.54, 1.807) is 17.5 Å². The fraction of sp³-hybridized carbons (Fsp3) is 0.222. The lowest BCUT2D eigenvalue weighted by atomic mass is 10.2. The molecule has 2 rings (SSSR count). The highest BCUT2D eigenvalue weighted by molar-refractivity contribution is 9.11. The third kappa shape index (κ3) is 2.46. The highest BCUT2D eigenvalue weighted by Crippen LogP contribution is 2.33. The van der Waals surface area contributed by atoms with Crippen LogP contribution in [0.25, 0.3) is 0 Å². The fourth-order valence-electron chi connectivity index (χ4n) is 1.18. The summed E-state index contributed by atoms with van der Waals surface area (Å²) in [6.07, 6.45) is 4.51. The molecule has 1 atom stereocenters. The predicted molar refractivity (Wildman–Crippen MR) is 66.0 cm³/mol. The Balaban J connectivity index is 2.06. The van der Waals surface area contributed by atoms with Crippen molar-refractivity contribution < 1.29 is 0 Å². The Hall–Kier alpha value is -0.130. The molecule has 0 aliphatic carbocycles. The van der Waals surface area contributed by atoms with E-state index in [2.05, 4.69) is 54.0 Å². The van der Waals surface area contributed by atoms with Gasteiger partial charge in [-0.1, -0.05) is 15.9 Å². The Kier molecular flexibility index (Phi) is 3.41. The molecule has 1 unspecified atom stereocenters. The van der Waals surface area contributed by atoms with E-state index < -0.39 is 0 Å². The number of nitrogens with zero attached hydrogens (tertiary/aromatic N) is 1. The number of H-pyrrole nitrogens is 1. The largest absolute Gasteiger partial charge is 0.349 e. The molecular weight excluding hydrogens is 328 g/mol. The van der Waals surface area contributed by atoms with Crippen LogP contribution in [0.2, 0.25) is 0 Å². The zero-order chi connectivity index (χ0) is 9.97. The van der Waals surface area contributed by atoms with Gasteiger partial charge in [-0.05, 0) is 28.1 Å². The third-order valence-corrected chi connectivity index (χ3v) is 4.69. The van der Waals surface area contributed by atoms with E-state index in [-0.39, 0.29) is 0 Å². The van der Waals surface area contributed by atoms with Crippen molar-refractivity contribution >= 4 is 43.2 Å². The lowest BCUT2D eigenvalue weighted by Crippen LogP contribution is -1.94. The second kappa shape index (κ2) is 4.59. The molecule has 14 heavy (non-hydrogen) atoms. The number of nitrogens with one attached hydrogen (secondary N) is 1. The normalized spacial score (nSPS) is 13.0. The molecule has 0 aliphatic heterocycles. The lowest BCUT2D eigenvalue weighted by molar-refractivity contribution is 0.889. The first-order chi connectivity index (χ1) is 6.75. The van der Waals surface area contributed by atoms with Crippen LogP contribution in [0.5, 0.6) is 0 Å². The molecule has 0 fully saturated rings. The zero-order valence-corrected chi connectivity index (χ0v) is 11.2. The molecule has 0 amide bonds. The summed E-state index contributed by atoms with van der Waals surface area (Å²) in [5, 5.41) is 0. The molecule has 0 spiro atoms. The summed E-state index contributed by atoms with van der Waals surface area (Å²) in [7, 11) is 0. The molecule has 2 nitrogen and oxygen atoms in total. The van der Waals surface area contributed by atoms with E-state index in [0.29, 0.717) is 4.83 Å². The number of aromatic nitrogens is 2. The molecule has 1 N–H and O–H groups in total. The molecular formula is C9H8Br2N2S. The molecule has 0 saturated heterocycles. The van der Waals surface area contributed by atoms with Gasteiger partial charge in [0.2, 0.25) is 0 Å². The number of aromatic amines is 1. The van der Waals surface area contributed by atoms with Crippen LogP contribution in [0, 0.1) is 0 Å². The lowest BCUT2D eigenvalue weighted by Gasteiger charge is -2.04. The van der Waals surface area contributed by atoms with Crippen molar-refractivity contribution in [3.63, 3.8) is 0 Å². The smallest absolute Gasteiger partial charge is 0.107 e. The van der Waals surface area contributed by atoms with Crippen LogP contribution in [0.1, 0.15) is 15.5 Å².